The van der Waals surface area contributed by atoms with Crippen molar-refractivity contribution in [2.75, 3.05) is 0 Å². The molecule has 0 heterocycles. The lowest BCUT2D eigenvalue weighted by Crippen LogP contribution is -2.15. The third-order valence-electron chi connectivity index (χ3n) is 4.23. The molecule has 0 aliphatic heterocycles. The Morgan fingerprint density at radius 2 is 1.70 bits per heavy atom. The summed E-state index contributed by atoms with van der Waals surface area (Å²) >= 11 is 0. The lowest BCUT2D eigenvalue weighted by molar-refractivity contribution is 0.261. The molecule has 0 amide bonds. The van der Waals surface area contributed by atoms with Crippen LogP contribution in [0.3, 0.4) is 0 Å². The minimum Gasteiger partial charge on any atom is -0.508 e. The highest BCUT2D eigenvalue weighted by Crippen LogP contribution is 2.39. The summed E-state index contributed by atoms with van der Waals surface area (Å²) < 4.78 is 28.3. The van der Waals surface area contributed by atoms with E-state index in [4.69, 9.17) is 0 Å². The van der Waals surface area contributed by atoms with Gasteiger partial charge in [0.1, 0.15) is 11.6 Å². The van der Waals surface area contributed by atoms with Gasteiger partial charge in [-0.3, -0.25) is 0 Å². The Bertz CT molecular complexity index is 456. The van der Waals surface area contributed by atoms with E-state index in [-0.39, 0.29) is 17.2 Å². The molecule has 1 N–H and O–H groups in total. The van der Waals surface area contributed by atoms with Gasteiger partial charge in [-0.1, -0.05) is 19.8 Å². The molecule has 1 aliphatic carbocycles. The number of phenols is 1. The standard InChI is InChI=1S/C17H22F2O/c1-2-3-12-4-6-13(7-5-12)16(18)17(19)14-8-10-15(20)11-9-14/h8-13,20H,2-7H2,1H3/b17-16+. The molecule has 0 unspecified atom stereocenters. The van der Waals surface area contributed by atoms with E-state index in [0.717, 1.165) is 32.1 Å². The number of halogens is 2. The first-order valence-electron chi connectivity index (χ1n) is 7.46. The maximum Gasteiger partial charge on any atom is 0.162 e. The fourth-order valence-electron chi connectivity index (χ4n) is 3.04. The summed E-state index contributed by atoms with van der Waals surface area (Å²) in [6, 6.07) is 5.57. The van der Waals surface area contributed by atoms with Gasteiger partial charge in [0.05, 0.1) is 0 Å². The average Bonchev–Trinajstić information content (AvgIpc) is 2.48. The lowest BCUT2D eigenvalue weighted by atomic mass is 9.79. The van der Waals surface area contributed by atoms with Crippen LogP contribution in [0, 0.1) is 11.8 Å². The molecule has 0 spiro atoms. The minimum atomic E-state index is -0.774. The summed E-state index contributed by atoms with van der Waals surface area (Å²) in [5, 5.41) is 9.17. The van der Waals surface area contributed by atoms with Crippen LogP contribution in [-0.2, 0) is 0 Å². The third-order valence-corrected chi connectivity index (χ3v) is 4.23. The molecule has 0 bridgehead atoms. The van der Waals surface area contributed by atoms with Crippen molar-refractivity contribution in [3.63, 3.8) is 0 Å². The first kappa shape index (κ1) is 15.0. The molecule has 0 atom stereocenters. The van der Waals surface area contributed by atoms with Crippen molar-refractivity contribution in [1.82, 2.24) is 0 Å². The predicted octanol–water partition coefficient (Wildman–Crippen LogP) is 5.61. The van der Waals surface area contributed by atoms with Crippen molar-refractivity contribution in [1.29, 1.82) is 0 Å². The van der Waals surface area contributed by atoms with Gasteiger partial charge in [0.2, 0.25) is 0 Å². The molecule has 20 heavy (non-hydrogen) atoms. The summed E-state index contributed by atoms with van der Waals surface area (Å²) in [7, 11) is 0. The SMILES string of the molecule is CCCC1CCC(/C(F)=C(\F)c2ccc(O)cc2)CC1. The predicted molar refractivity (Wildman–Crippen MR) is 77.6 cm³/mol. The summed E-state index contributed by atoms with van der Waals surface area (Å²) in [4.78, 5) is 0. The van der Waals surface area contributed by atoms with E-state index in [2.05, 4.69) is 6.92 Å². The van der Waals surface area contributed by atoms with E-state index in [1.165, 1.54) is 30.7 Å². The van der Waals surface area contributed by atoms with Gasteiger partial charge in [-0.05, 0) is 55.9 Å². The van der Waals surface area contributed by atoms with E-state index < -0.39 is 11.7 Å². The average molecular weight is 280 g/mol. The van der Waals surface area contributed by atoms with Crippen LogP contribution in [0.5, 0.6) is 5.75 Å². The van der Waals surface area contributed by atoms with E-state index in [1.54, 1.807) is 0 Å². The second-order valence-electron chi connectivity index (χ2n) is 5.72. The van der Waals surface area contributed by atoms with E-state index in [0.29, 0.717) is 5.92 Å². The molecule has 110 valence electrons. The maximum atomic E-state index is 14.2. The quantitative estimate of drug-likeness (QED) is 0.760. The second-order valence-corrected chi connectivity index (χ2v) is 5.72. The molecule has 1 nitrogen and oxygen atoms in total. The Hall–Kier alpha value is -1.38. The van der Waals surface area contributed by atoms with Gasteiger partial charge in [-0.25, -0.2) is 8.78 Å². The Morgan fingerprint density at radius 3 is 2.25 bits per heavy atom. The van der Waals surface area contributed by atoms with Crippen LogP contribution >= 0.6 is 0 Å². The molecule has 0 radical (unpaired) electrons. The minimum absolute atomic E-state index is 0.0574. The van der Waals surface area contributed by atoms with Crippen LogP contribution in [0.4, 0.5) is 8.78 Å². The molecule has 2 rings (SSSR count). The monoisotopic (exact) mass is 280 g/mol. The number of phenolic OH excluding ortho intramolecular Hbond substituents is 1. The van der Waals surface area contributed by atoms with E-state index >= 15 is 0 Å². The number of aromatic hydroxyl groups is 1. The van der Waals surface area contributed by atoms with Gasteiger partial charge in [0, 0.05) is 11.5 Å². The van der Waals surface area contributed by atoms with Crippen molar-refractivity contribution >= 4 is 5.83 Å². The fraction of sp³-hybridized carbons (Fsp3) is 0.529. The molecule has 1 aliphatic rings. The fourth-order valence-corrected chi connectivity index (χ4v) is 3.04. The topological polar surface area (TPSA) is 20.2 Å². The first-order chi connectivity index (χ1) is 9.61. The third kappa shape index (κ3) is 3.59. The van der Waals surface area contributed by atoms with E-state index in [9.17, 15) is 13.9 Å². The van der Waals surface area contributed by atoms with Gasteiger partial charge >= 0.3 is 0 Å². The maximum absolute atomic E-state index is 14.2. The molecule has 1 aromatic carbocycles. The normalized spacial score (nSPS) is 24.4. The largest absolute Gasteiger partial charge is 0.508 e. The van der Waals surface area contributed by atoms with E-state index in [1.807, 2.05) is 0 Å². The van der Waals surface area contributed by atoms with Crippen LogP contribution < -0.4 is 0 Å². The summed E-state index contributed by atoms with van der Waals surface area (Å²) in [5.41, 5.74) is 0.205. The lowest BCUT2D eigenvalue weighted by Gasteiger charge is -2.27. The van der Waals surface area contributed by atoms with Crippen LogP contribution in [0.2, 0.25) is 0 Å². The zero-order valence-corrected chi connectivity index (χ0v) is 11.9. The Kier molecular flexibility index (Phi) is 5.16. The number of allylic oxidation sites excluding steroid dienone is 1. The number of hydrogen-bond donors (Lipinski definition) is 1. The molecule has 0 saturated heterocycles. The Morgan fingerprint density at radius 1 is 1.10 bits per heavy atom. The zero-order valence-electron chi connectivity index (χ0n) is 11.9. The van der Waals surface area contributed by atoms with Crippen molar-refractivity contribution in [3.05, 3.63) is 35.7 Å². The highest BCUT2D eigenvalue weighted by Gasteiger charge is 2.26. The summed E-state index contributed by atoms with van der Waals surface area (Å²) in [5.74, 6) is -0.936. The molecular formula is C17H22F2O. The van der Waals surface area contributed by atoms with Crippen LogP contribution in [0.1, 0.15) is 51.0 Å². The van der Waals surface area contributed by atoms with Gasteiger partial charge in [-0.2, -0.15) is 0 Å². The van der Waals surface area contributed by atoms with Crippen LogP contribution in [0.15, 0.2) is 30.1 Å². The van der Waals surface area contributed by atoms with Crippen LogP contribution in [-0.4, -0.2) is 5.11 Å². The first-order valence-corrected chi connectivity index (χ1v) is 7.46. The van der Waals surface area contributed by atoms with Crippen molar-refractivity contribution < 1.29 is 13.9 Å². The summed E-state index contributed by atoms with van der Waals surface area (Å²) in [6.07, 6.45) is 5.82. The van der Waals surface area contributed by atoms with Crippen molar-refractivity contribution in [3.8, 4) is 5.75 Å². The zero-order chi connectivity index (χ0) is 14.5. The Labute approximate surface area is 119 Å². The molecule has 1 saturated carbocycles. The number of benzene rings is 1. The Balaban J connectivity index is 2.04. The van der Waals surface area contributed by atoms with Gasteiger partial charge in [0.15, 0.2) is 5.83 Å². The second kappa shape index (κ2) is 6.87. The molecular weight excluding hydrogens is 258 g/mol. The molecule has 0 aromatic heterocycles. The van der Waals surface area contributed by atoms with Gasteiger partial charge in [0.25, 0.3) is 0 Å². The van der Waals surface area contributed by atoms with Crippen molar-refractivity contribution in [2.45, 2.75) is 45.4 Å². The molecule has 1 aromatic rings. The highest BCUT2D eigenvalue weighted by atomic mass is 19.2. The van der Waals surface area contributed by atoms with Crippen molar-refractivity contribution in [2.24, 2.45) is 11.8 Å². The highest BCUT2D eigenvalue weighted by molar-refractivity contribution is 5.61. The van der Waals surface area contributed by atoms with Gasteiger partial charge in [-0.15, -0.1) is 0 Å². The molecule has 3 heteroatoms. The molecule has 1 fully saturated rings. The number of rotatable bonds is 4. The number of hydrogen-bond acceptors (Lipinski definition) is 1. The summed E-state index contributed by atoms with van der Waals surface area (Å²) in [6.45, 7) is 2.16. The van der Waals surface area contributed by atoms with Gasteiger partial charge < -0.3 is 5.11 Å². The smallest absolute Gasteiger partial charge is 0.162 e. The van der Waals surface area contributed by atoms with Crippen LogP contribution in [0.25, 0.3) is 5.83 Å².